The Morgan fingerprint density at radius 2 is 0.711 bits per heavy atom. The van der Waals surface area contributed by atoms with Crippen LogP contribution in [-0.2, 0) is 61.9 Å². The number of likely N-dealkylation sites (N-methyl/N-ethyl adjacent to an activating group) is 1. The van der Waals surface area contributed by atoms with Gasteiger partial charge in [-0.25, -0.2) is 4.79 Å². The van der Waals surface area contributed by atoms with Crippen molar-refractivity contribution in [1.29, 1.82) is 0 Å². The molecule has 0 spiro atoms. The summed E-state index contributed by atoms with van der Waals surface area (Å²) in [5.41, 5.74) is 0. The number of likely N-dealkylation sites (tertiary alicyclic amines) is 2. The Morgan fingerprint density at radius 1 is 0.382 bits per heavy atom. The van der Waals surface area contributed by atoms with Gasteiger partial charge in [0.15, 0.2) is 0 Å². The summed E-state index contributed by atoms with van der Waals surface area (Å²) in [4.78, 5) is 95.3. The molecule has 2 rings (SSSR count). The van der Waals surface area contributed by atoms with Crippen molar-refractivity contribution in [2.45, 2.75) is 271 Å². The molecule has 0 aromatic heterocycles. The average molecular weight is 1080 g/mol. The van der Waals surface area contributed by atoms with Crippen LogP contribution < -0.4 is 0 Å². The van der Waals surface area contributed by atoms with Crippen LogP contribution in [0.5, 0.6) is 0 Å². The number of amides is 1. The number of hydrogen-bond donors (Lipinski definition) is 0. The van der Waals surface area contributed by atoms with Crippen molar-refractivity contribution in [1.82, 2.24) is 9.80 Å². The molecule has 2 heterocycles. The Labute approximate surface area is 459 Å². The molecule has 3 atom stereocenters. The van der Waals surface area contributed by atoms with Gasteiger partial charge in [0, 0.05) is 43.6 Å². The zero-order valence-corrected chi connectivity index (χ0v) is 48.4. The van der Waals surface area contributed by atoms with E-state index in [4.69, 9.17) is 33.2 Å². The number of hydrogen-bond acceptors (Lipinski definition) is 15. The first-order valence-corrected chi connectivity index (χ1v) is 30.5. The molecule has 2 aliphatic heterocycles. The molecule has 440 valence electrons. The minimum absolute atomic E-state index is 0.0498. The molecule has 0 aromatic carbocycles. The summed E-state index contributed by atoms with van der Waals surface area (Å²) >= 11 is 0. The van der Waals surface area contributed by atoms with Gasteiger partial charge in [0.05, 0.1) is 51.4 Å². The minimum atomic E-state index is -0.628. The Balaban J connectivity index is 2.09. The van der Waals surface area contributed by atoms with Crippen molar-refractivity contribution < 1.29 is 66.7 Å². The number of carbonyl (C=O) groups excluding carboxylic acids is 7. The molecule has 1 amide bonds. The second kappa shape index (κ2) is 45.0. The molecule has 16 heteroatoms. The van der Waals surface area contributed by atoms with Gasteiger partial charge in [0.25, 0.3) is 0 Å². The van der Waals surface area contributed by atoms with E-state index in [-0.39, 0.29) is 115 Å². The number of esters is 6. The highest BCUT2D eigenvalue weighted by molar-refractivity contribution is 5.73. The maximum Gasteiger partial charge on any atom is 0.410 e. The fraction of sp³-hybridized carbons (Fsp3) is 0.883. The van der Waals surface area contributed by atoms with Crippen molar-refractivity contribution in [2.24, 2.45) is 11.8 Å². The van der Waals surface area contributed by atoms with Gasteiger partial charge in [0.1, 0.15) is 19.8 Å². The number of carbonyl (C=O) groups is 7. The predicted octanol–water partition coefficient (Wildman–Crippen LogP) is 12.7. The summed E-state index contributed by atoms with van der Waals surface area (Å²) in [7, 11) is 2.03. The monoisotopic (exact) mass is 1080 g/mol. The highest BCUT2D eigenvalue weighted by atomic mass is 16.6. The Morgan fingerprint density at radius 3 is 1.07 bits per heavy atom. The number of rotatable bonds is 46. The molecule has 2 saturated heterocycles. The number of nitrogens with zero attached hydrogens (tertiary/aromatic N) is 2. The Bertz CT molecular complexity index is 1420. The summed E-state index contributed by atoms with van der Waals surface area (Å²) in [6.45, 7) is 8.97. The lowest BCUT2D eigenvalue weighted by molar-refractivity contribution is -0.159. The maximum atomic E-state index is 13.9. The Kier molecular flexibility index (Phi) is 40.3. The van der Waals surface area contributed by atoms with Crippen molar-refractivity contribution in [2.75, 3.05) is 59.8 Å². The molecule has 1 unspecified atom stereocenters. The predicted molar refractivity (Wildman–Crippen MR) is 294 cm³/mol. The molecular weight excluding hydrogens is 973 g/mol. The maximum absolute atomic E-state index is 13.9. The van der Waals surface area contributed by atoms with E-state index in [2.05, 4.69) is 32.6 Å². The standard InChI is InChI=1S/C60H106N2O14/c1-6-10-14-18-22-28-34-54(63)70-42-49(43-71-55(64)35-29-23-19-15-11-7-2)39-58(67)74-47-52-41-53(62(52)60(69)76-46-51-33-27-26-32-38-61(51)5)48-75-59(68)40-50(44-72-56(65)36-30-24-20-16-12-8-3)45-73-57(66)37-31-25-21-17-13-9-4/h49-53H,6-48H2,1-5H3/t51?,52-,53-/m1/s1. The zero-order valence-electron chi connectivity index (χ0n) is 48.4. The minimum Gasteiger partial charge on any atom is -0.465 e. The normalized spacial score (nSPS) is 16.7. The lowest BCUT2D eigenvalue weighted by Gasteiger charge is -2.47. The van der Waals surface area contributed by atoms with E-state index in [1.54, 1.807) is 0 Å². The first kappa shape index (κ1) is 68.2. The quantitative estimate of drug-likeness (QED) is 0.0317. The first-order valence-electron chi connectivity index (χ1n) is 30.5. The highest BCUT2D eigenvalue weighted by Crippen LogP contribution is 2.29. The molecule has 0 saturated carbocycles. The third-order valence-electron chi connectivity index (χ3n) is 14.8. The fourth-order valence-electron chi connectivity index (χ4n) is 9.70. The molecule has 0 N–H and O–H groups in total. The van der Waals surface area contributed by atoms with Crippen LogP contribution in [0.1, 0.15) is 252 Å². The van der Waals surface area contributed by atoms with Crippen LogP contribution >= 0.6 is 0 Å². The van der Waals surface area contributed by atoms with E-state index in [0.29, 0.717) is 32.1 Å². The molecule has 0 radical (unpaired) electrons. The number of unbranched alkanes of at least 4 members (excludes halogenated alkanes) is 20. The summed E-state index contributed by atoms with van der Waals surface area (Å²) in [6, 6.07) is -1.09. The van der Waals surface area contributed by atoms with Gasteiger partial charge < -0.3 is 38.1 Å². The van der Waals surface area contributed by atoms with Crippen LogP contribution in [0.3, 0.4) is 0 Å². The largest absolute Gasteiger partial charge is 0.465 e. The van der Waals surface area contributed by atoms with Gasteiger partial charge in [-0.3, -0.25) is 33.7 Å². The number of ether oxygens (including phenoxy) is 7. The molecule has 0 aromatic rings. The summed E-state index contributed by atoms with van der Waals surface area (Å²) in [6.07, 6.45) is 29.2. The van der Waals surface area contributed by atoms with Crippen molar-refractivity contribution >= 4 is 41.9 Å². The van der Waals surface area contributed by atoms with Crippen LogP contribution in [0.4, 0.5) is 4.79 Å². The van der Waals surface area contributed by atoms with Gasteiger partial charge in [-0.05, 0) is 58.5 Å². The smallest absolute Gasteiger partial charge is 0.410 e. The fourth-order valence-corrected chi connectivity index (χ4v) is 9.70. The molecular formula is C60H106N2O14. The van der Waals surface area contributed by atoms with Gasteiger partial charge in [0.2, 0.25) is 0 Å². The van der Waals surface area contributed by atoms with Gasteiger partial charge >= 0.3 is 41.9 Å². The molecule has 2 fully saturated rings. The molecule has 16 nitrogen and oxygen atoms in total. The third-order valence-corrected chi connectivity index (χ3v) is 14.8. The van der Waals surface area contributed by atoms with E-state index in [1.165, 1.54) is 30.6 Å². The van der Waals surface area contributed by atoms with Crippen LogP contribution in [0.2, 0.25) is 0 Å². The van der Waals surface area contributed by atoms with E-state index in [1.807, 2.05) is 7.05 Å². The van der Waals surface area contributed by atoms with Crippen molar-refractivity contribution in [3.63, 3.8) is 0 Å². The van der Waals surface area contributed by atoms with Crippen molar-refractivity contribution in [3.05, 3.63) is 0 Å². The second-order valence-corrected chi connectivity index (χ2v) is 21.8. The van der Waals surface area contributed by atoms with E-state index in [9.17, 15) is 33.6 Å². The average Bonchev–Trinajstić information content (AvgIpc) is 3.61. The van der Waals surface area contributed by atoms with Crippen LogP contribution in [0, 0.1) is 11.8 Å². The van der Waals surface area contributed by atoms with Crippen LogP contribution in [-0.4, -0.2) is 130 Å². The zero-order chi connectivity index (χ0) is 55.4. The Hall–Kier alpha value is -3.95. The topological polar surface area (TPSA) is 191 Å². The van der Waals surface area contributed by atoms with E-state index >= 15 is 0 Å². The van der Waals surface area contributed by atoms with Crippen molar-refractivity contribution in [3.8, 4) is 0 Å². The molecule has 2 aliphatic rings. The summed E-state index contributed by atoms with van der Waals surface area (Å²) < 4.78 is 39.8. The highest BCUT2D eigenvalue weighted by Gasteiger charge is 2.44. The van der Waals surface area contributed by atoms with E-state index < -0.39 is 42.0 Å². The third kappa shape index (κ3) is 34.0. The van der Waals surface area contributed by atoms with E-state index in [0.717, 1.165) is 135 Å². The molecule has 0 aliphatic carbocycles. The van der Waals surface area contributed by atoms with Gasteiger partial charge in [-0.1, -0.05) is 169 Å². The summed E-state index contributed by atoms with van der Waals surface area (Å²) in [5.74, 6) is -3.91. The van der Waals surface area contributed by atoms with Crippen LogP contribution in [0.15, 0.2) is 0 Å². The molecule has 0 bridgehead atoms. The van der Waals surface area contributed by atoms with Gasteiger partial charge in [-0.15, -0.1) is 0 Å². The second-order valence-electron chi connectivity index (χ2n) is 21.8. The first-order chi connectivity index (χ1) is 36.9. The summed E-state index contributed by atoms with van der Waals surface area (Å²) in [5, 5.41) is 0. The lowest BCUT2D eigenvalue weighted by atomic mass is 9.94. The SMILES string of the molecule is CCCCCCCCC(=O)OCC(COC(=O)CCCCCCCC)CC(=O)OC[C@H]1C[C@H](COC(=O)CC(COC(=O)CCCCCCCC)COC(=O)CCCCCCCC)N1C(=O)OCC1CCCCCN1C. The van der Waals surface area contributed by atoms with Gasteiger partial charge in [-0.2, -0.15) is 0 Å². The lowest BCUT2D eigenvalue weighted by Crippen LogP contribution is -2.62. The van der Waals surface area contributed by atoms with Crippen LogP contribution in [0.25, 0.3) is 0 Å². The molecule has 76 heavy (non-hydrogen) atoms.